The summed E-state index contributed by atoms with van der Waals surface area (Å²) in [4.78, 5) is 16.5. The van der Waals surface area contributed by atoms with Gasteiger partial charge in [0.25, 0.3) is 0 Å². The van der Waals surface area contributed by atoms with Crippen molar-refractivity contribution in [3.8, 4) is 17.1 Å². The number of hydrogen-bond acceptors (Lipinski definition) is 6. The van der Waals surface area contributed by atoms with Gasteiger partial charge in [-0.25, -0.2) is 0 Å². The van der Waals surface area contributed by atoms with E-state index in [1.165, 1.54) is 11.8 Å². The molecule has 0 radical (unpaired) electrons. The quantitative estimate of drug-likeness (QED) is 0.268. The highest BCUT2D eigenvalue weighted by molar-refractivity contribution is 7.99. The molecule has 0 aliphatic carbocycles. The van der Waals surface area contributed by atoms with Gasteiger partial charge in [-0.1, -0.05) is 60.3 Å². The minimum absolute atomic E-state index is 0.0476. The van der Waals surface area contributed by atoms with Gasteiger partial charge in [0.05, 0.1) is 12.4 Å². The number of carbonyl (C=O) groups is 1. The molecule has 4 aromatic rings. The van der Waals surface area contributed by atoms with Crippen LogP contribution in [-0.4, -0.2) is 44.6 Å². The van der Waals surface area contributed by atoms with Crippen molar-refractivity contribution >= 4 is 17.7 Å². The van der Waals surface area contributed by atoms with Crippen molar-refractivity contribution in [2.75, 3.05) is 18.9 Å². The zero-order valence-corrected chi connectivity index (χ0v) is 18.9. The van der Waals surface area contributed by atoms with Crippen molar-refractivity contribution in [2.24, 2.45) is 0 Å². The SMILES string of the molecule is O=C(CSc1nnc(-c2cccnc2)n1-c1ccccc1)NCCCOCc1ccccc1. The summed E-state index contributed by atoms with van der Waals surface area (Å²) in [6, 6.07) is 23.7. The van der Waals surface area contributed by atoms with Crippen molar-refractivity contribution in [3.63, 3.8) is 0 Å². The lowest BCUT2D eigenvalue weighted by molar-refractivity contribution is -0.118. The number of benzene rings is 2. The topological polar surface area (TPSA) is 81.9 Å². The lowest BCUT2D eigenvalue weighted by atomic mass is 10.2. The third kappa shape index (κ3) is 6.50. The van der Waals surface area contributed by atoms with Crippen LogP contribution < -0.4 is 5.32 Å². The molecular weight excluding hydrogens is 434 g/mol. The van der Waals surface area contributed by atoms with E-state index >= 15 is 0 Å². The molecule has 0 bridgehead atoms. The van der Waals surface area contributed by atoms with Gasteiger partial charge in [-0.2, -0.15) is 0 Å². The number of thioether (sulfide) groups is 1. The first kappa shape index (κ1) is 22.7. The van der Waals surface area contributed by atoms with Gasteiger partial charge in [-0.3, -0.25) is 14.3 Å². The molecule has 1 N–H and O–H groups in total. The van der Waals surface area contributed by atoms with Crippen LogP contribution in [0.15, 0.2) is 90.3 Å². The Kier molecular flexibility index (Phi) is 8.21. The molecule has 0 spiro atoms. The summed E-state index contributed by atoms with van der Waals surface area (Å²) in [5.74, 6) is 0.893. The molecule has 0 atom stereocenters. The van der Waals surface area contributed by atoms with E-state index in [0.717, 1.165) is 23.2 Å². The Morgan fingerprint density at radius 1 is 0.970 bits per heavy atom. The second kappa shape index (κ2) is 11.9. The van der Waals surface area contributed by atoms with E-state index in [4.69, 9.17) is 4.74 Å². The Morgan fingerprint density at radius 2 is 1.76 bits per heavy atom. The van der Waals surface area contributed by atoms with E-state index in [0.29, 0.717) is 30.7 Å². The van der Waals surface area contributed by atoms with E-state index in [1.807, 2.05) is 77.4 Å². The van der Waals surface area contributed by atoms with Crippen LogP contribution in [0.25, 0.3) is 17.1 Å². The molecule has 0 unspecified atom stereocenters. The van der Waals surface area contributed by atoms with Crippen LogP contribution in [0.4, 0.5) is 0 Å². The number of carbonyl (C=O) groups excluding carboxylic acids is 1. The minimum atomic E-state index is -0.0476. The molecule has 33 heavy (non-hydrogen) atoms. The Hall–Kier alpha value is -3.49. The van der Waals surface area contributed by atoms with Gasteiger partial charge in [0, 0.05) is 36.8 Å². The van der Waals surface area contributed by atoms with E-state index in [-0.39, 0.29) is 11.7 Å². The summed E-state index contributed by atoms with van der Waals surface area (Å²) in [7, 11) is 0. The normalized spacial score (nSPS) is 10.8. The highest BCUT2D eigenvalue weighted by Gasteiger charge is 2.17. The third-order valence-corrected chi connectivity index (χ3v) is 5.73. The number of pyridine rings is 1. The summed E-state index contributed by atoms with van der Waals surface area (Å²) in [5, 5.41) is 12.3. The zero-order valence-electron chi connectivity index (χ0n) is 18.1. The fourth-order valence-corrected chi connectivity index (χ4v) is 3.98. The first-order valence-corrected chi connectivity index (χ1v) is 11.7. The maximum atomic E-state index is 12.4. The van der Waals surface area contributed by atoms with Gasteiger partial charge < -0.3 is 10.1 Å². The summed E-state index contributed by atoms with van der Waals surface area (Å²) in [5.41, 5.74) is 2.94. The molecule has 0 aliphatic rings. The standard InChI is InChI=1S/C25H25N5O2S/c31-23(27-15-8-16-32-18-20-9-3-1-4-10-20)19-33-25-29-28-24(21-11-7-14-26-17-21)30(25)22-12-5-2-6-13-22/h1-7,9-14,17H,8,15-16,18-19H2,(H,27,31). The molecule has 0 saturated heterocycles. The first-order chi connectivity index (χ1) is 16.3. The smallest absolute Gasteiger partial charge is 0.230 e. The number of para-hydroxylation sites is 1. The van der Waals surface area contributed by atoms with E-state index in [2.05, 4.69) is 20.5 Å². The maximum absolute atomic E-state index is 12.4. The fourth-order valence-electron chi connectivity index (χ4n) is 3.20. The molecular formula is C25H25N5O2S. The van der Waals surface area contributed by atoms with Crippen LogP contribution in [0.5, 0.6) is 0 Å². The molecule has 7 nitrogen and oxygen atoms in total. The van der Waals surface area contributed by atoms with Gasteiger partial charge in [0.15, 0.2) is 11.0 Å². The van der Waals surface area contributed by atoms with Crippen molar-refractivity contribution in [2.45, 2.75) is 18.2 Å². The number of amides is 1. The number of nitrogens with one attached hydrogen (secondary N) is 1. The van der Waals surface area contributed by atoms with Crippen molar-refractivity contribution in [1.82, 2.24) is 25.1 Å². The van der Waals surface area contributed by atoms with Crippen LogP contribution in [0.2, 0.25) is 0 Å². The second-order valence-electron chi connectivity index (χ2n) is 7.25. The molecule has 0 saturated carbocycles. The summed E-state index contributed by atoms with van der Waals surface area (Å²) < 4.78 is 7.61. The van der Waals surface area contributed by atoms with Crippen molar-refractivity contribution in [1.29, 1.82) is 0 Å². The summed E-state index contributed by atoms with van der Waals surface area (Å²) in [6.07, 6.45) is 4.23. The van der Waals surface area contributed by atoms with Crippen LogP contribution in [-0.2, 0) is 16.1 Å². The lowest BCUT2D eigenvalue weighted by Gasteiger charge is -2.10. The van der Waals surface area contributed by atoms with Gasteiger partial charge in [0.1, 0.15) is 0 Å². The molecule has 0 aliphatic heterocycles. The molecule has 1 amide bonds. The number of ether oxygens (including phenoxy) is 1. The van der Waals surface area contributed by atoms with Crippen LogP contribution in [0.3, 0.4) is 0 Å². The van der Waals surface area contributed by atoms with Crippen LogP contribution >= 0.6 is 11.8 Å². The Morgan fingerprint density at radius 3 is 2.52 bits per heavy atom. The highest BCUT2D eigenvalue weighted by atomic mass is 32.2. The number of hydrogen-bond donors (Lipinski definition) is 1. The third-order valence-electron chi connectivity index (χ3n) is 4.80. The van der Waals surface area contributed by atoms with E-state index in [9.17, 15) is 4.79 Å². The lowest BCUT2D eigenvalue weighted by Crippen LogP contribution is -2.27. The second-order valence-corrected chi connectivity index (χ2v) is 8.19. The molecule has 0 fully saturated rings. The molecule has 4 rings (SSSR count). The Bertz CT molecular complexity index is 1140. The molecule has 168 valence electrons. The van der Waals surface area contributed by atoms with E-state index in [1.54, 1.807) is 12.4 Å². The molecule has 8 heteroatoms. The van der Waals surface area contributed by atoms with Gasteiger partial charge in [-0.15, -0.1) is 10.2 Å². The van der Waals surface area contributed by atoms with Crippen LogP contribution in [0, 0.1) is 0 Å². The zero-order chi connectivity index (χ0) is 22.7. The largest absolute Gasteiger partial charge is 0.377 e. The van der Waals surface area contributed by atoms with E-state index < -0.39 is 0 Å². The summed E-state index contributed by atoms with van der Waals surface area (Å²) in [6.45, 7) is 1.75. The highest BCUT2D eigenvalue weighted by Crippen LogP contribution is 2.27. The van der Waals surface area contributed by atoms with Crippen molar-refractivity contribution in [3.05, 3.63) is 90.8 Å². The fraction of sp³-hybridized carbons (Fsp3) is 0.200. The average Bonchev–Trinajstić information content (AvgIpc) is 3.30. The van der Waals surface area contributed by atoms with Gasteiger partial charge in [0.2, 0.25) is 5.91 Å². The van der Waals surface area contributed by atoms with Gasteiger partial charge in [-0.05, 0) is 36.2 Å². The Balaban J connectivity index is 1.29. The summed E-state index contributed by atoms with van der Waals surface area (Å²) >= 11 is 1.36. The molecule has 2 aromatic heterocycles. The monoisotopic (exact) mass is 459 g/mol. The minimum Gasteiger partial charge on any atom is -0.377 e. The maximum Gasteiger partial charge on any atom is 0.230 e. The predicted octanol–water partition coefficient (Wildman–Crippen LogP) is 4.14. The number of aromatic nitrogens is 4. The predicted molar refractivity (Wildman–Crippen MR) is 129 cm³/mol. The Labute approximate surface area is 197 Å². The first-order valence-electron chi connectivity index (χ1n) is 10.7. The number of rotatable bonds is 11. The average molecular weight is 460 g/mol. The van der Waals surface area contributed by atoms with Crippen molar-refractivity contribution < 1.29 is 9.53 Å². The molecule has 2 aromatic carbocycles. The van der Waals surface area contributed by atoms with Gasteiger partial charge >= 0.3 is 0 Å². The van der Waals surface area contributed by atoms with Crippen LogP contribution in [0.1, 0.15) is 12.0 Å². The number of nitrogens with zero attached hydrogens (tertiary/aromatic N) is 4. The molecule has 2 heterocycles.